The Morgan fingerprint density at radius 2 is 2.00 bits per heavy atom. The second kappa shape index (κ2) is 8.55. The number of hydrogen-bond donors (Lipinski definition) is 0. The molecule has 0 spiro atoms. The van der Waals surface area contributed by atoms with E-state index in [0.29, 0.717) is 36.5 Å². The van der Waals surface area contributed by atoms with Gasteiger partial charge in [-0.15, -0.1) is 0 Å². The highest BCUT2D eigenvalue weighted by Crippen LogP contribution is 2.41. The minimum Gasteiger partial charge on any atom is -0.466 e. The first-order chi connectivity index (χ1) is 15.2. The molecule has 2 aromatic heterocycles. The number of aromatic nitrogens is 2. The molecule has 6 heteroatoms. The fourth-order valence-corrected chi connectivity index (χ4v) is 4.51. The third-order valence-electron chi connectivity index (χ3n) is 6.09. The molecule has 0 radical (unpaired) electrons. The van der Waals surface area contributed by atoms with Crippen LogP contribution in [0.25, 0.3) is 21.9 Å². The summed E-state index contributed by atoms with van der Waals surface area (Å²) in [5, 5.41) is 6.10. The van der Waals surface area contributed by atoms with Crippen LogP contribution in [0.4, 0.5) is 0 Å². The number of ether oxygens (including phenoxy) is 2. The maximum absolute atomic E-state index is 12.0. The molecule has 0 saturated heterocycles. The van der Waals surface area contributed by atoms with Crippen molar-refractivity contribution in [3.63, 3.8) is 0 Å². The summed E-state index contributed by atoms with van der Waals surface area (Å²) in [7, 11) is 0. The van der Waals surface area contributed by atoms with Gasteiger partial charge in [0.1, 0.15) is 5.69 Å². The van der Waals surface area contributed by atoms with E-state index in [1.165, 1.54) is 5.56 Å². The molecule has 0 atom stereocenters. The van der Waals surface area contributed by atoms with Gasteiger partial charge < -0.3 is 18.6 Å². The quantitative estimate of drug-likeness (QED) is 0.374. The zero-order valence-corrected chi connectivity index (χ0v) is 17.6. The molecule has 1 saturated carbocycles. The Morgan fingerprint density at radius 1 is 1.16 bits per heavy atom. The maximum Gasteiger partial charge on any atom is 0.312 e. The fourth-order valence-electron chi connectivity index (χ4n) is 4.51. The smallest absolute Gasteiger partial charge is 0.312 e. The molecule has 0 aliphatic heterocycles. The van der Waals surface area contributed by atoms with Gasteiger partial charge in [-0.25, -0.2) is 0 Å². The molecule has 4 aromatic rings. The van der Waals surface area contributed by atoms with Crippen molar-refractivity contribution >= 4 is 27.8 Å². The van der Waals surface area contributed by atoms with Gasteiger partial charge in [0.05, 0.1) is 25.0 Å². The van der Waals surface area contributed by atoms with E-state index in [2.05, 4.69) is 40.2 Å². The van der Waals surface area contributed by atoms with Gasteiger partial charge in [-0.3, -0.25) is 4.79 Å². The van der Waals surface area contributed by atoms with Crippen LogP contribution < -0.4 is 0 Å². The van der Waals surface area contributed by atoms with Gasteiger partial charge in [0, 0.05) is 29.7 Å². The molecule has 1 fully saturated rings. The minimum absolute atomic E-state index is 0.120. The maximum atomic E-state index is 12.0. The zero-order chi connectivity index (χ0) is 21.2. The van der Waals surface area contributed by atoms with Crippen LogP contribution in [0.1, 0.15) is 37.1 Å². The summed E-state index contributed by atoms with van der Waals surface area (Å²) >= 11 is 0. The Labute approximate surface area is 180 Å². The van der Waals surface area contributed by atoms with Crippen LogP contribution in [0.15, 0.2) is 59.3 Å². The Bertz CT molecular complexity index is 1190. The van der Waals surface area contributed by atoms with Crippen LogP contribution in [-0.2, 0) is 27.3 Å². The van der Waals surface area contributed by atoms with Crippen LogP contribution in [-0.4, -0.2) is 28.9 Å². The van der Waals surface area contributed by atoms with E-state index in [1.807, 2.05) is 24.3 Å². The van der Waals surface area contributed by atoms with E-state index in [0.717, 1.165) is 35.7 Å². The number of esters is 1. The first-order valence-corrected chi connectivity index (χ1v) is 10.9. The molecule has 6 nitrogen and oxygen atoms in total. The average Bonchev–Trinajstić information content (AvgIpc) is 3.34. The van der Waals surface area contributed by atoms with Crippen LogP contribution in [0.2, 0.25) is 0 Å². The lowest BCUT2D eigenvalue weighted by atomic mass is 9.80. The Balaban J connectivity index is 1.27. The number of carbonyl (C=O) groups is 1. The molecular formula is C25H26N2O4. The predicted octanol–water partition coefficient (Wildman–Crippen LogP) is 5.06. The predicted molar refractivity (Wildman–Crippen MR) is 118 cm³/mol. The van der Waals surface area contributed by atoms with Crippen LogP contribution >= 0.6 is 0 Å². The van der Waals surface area contributed by atoms with Gasteiger partial charge in [-0.05, 0) is 49.4 Å². The summed E-state index contributed by atoms with van der Waals surface area (Å²) < 4.78 is 18.8. The van der Waals surface area contributed by atoms with Crippen molar-refractivity contribution < 1.29 is 18.8 Å². The number of rotatable bonds is 8. The summed E-state index contributed by atoms with van der Waals surface area (Å²) in [5.74, 6) is 0.302. The van der Waals surface area contributed by atoms with Crippen molar-refractivity contribution in [2.24, 2.45) is 5.92 Å². The van der Waals surface area contributed by atoms with Gasteiger partial charge in [0.15, 0.2) is 5.58 Å². The summed E-state index contributed by atoms with van der Waals surface area (Å²) in [6.45, 7) is 3.63. The first-order valence-electron chi connectivity index (χ1n) is 10.9. The lowest BCUT2D eigenvalue weighted by Crippen LogP contribution is -2.29. The molecule has 160 valence electrons. The summed E-state index contributed by atoms with van der Waals surface area (Å²) in [6, 6.07) is 16.9. The number of benzene rings is 2. The molecule has 1 aliphatic carbocycles. The van der Waals surface area contributed by atoms with Gasteiger partial charge in [0.2, 0.25) is 0 Å². The third kappa shape index (κ3) is 3.95. The van der Waals surface area contributed by atoms with Crippen molar-refractivity contribution in [1.82, 2.24) is 9.72 Å². The largest absolute Gasteiger partial charge is 0.466 e. The van der Waals surface area contributed by atoms with Crippen molar-refractivity contribution in [2.75, 3.05) is 13.2 Å². The Kier molecular flexibility index (Phi) is 5.47. The van der Waals surface area contributed by atoms with E-state index in [9.17, 15) is 4.79 Å². The van der Waals surface area contributed by atoms with Crippen molar-refractivity contribution in [3.8, 4) is 0 Å². The molecule has 2 heterocycles. The molecular weight excluding hydrogens is 392 g/mol. The topological polar surface area (TPSA) is 66.5 Å². The fraction of sp³-hybridized carbons (Fsp3) is 0.360. The van der Waals surface area contributed by atoms with E-state index in [-0.39, 0.29) is 12.4 Å². The van der Waals surface area contributed by atoms with Crippen molar-refractivity contribution in [3.05, 3.63) is 66.0 Å². The molecule has 2 aromatic carbocycles. The van der Waals surface area contributed by atoms with E-state index in [4.69, 9.17) is 14.0 Å². The Hall–Kier alpha value is -3.12. The summed E-state index contributed by atoms with van der Waals surface area (Å²) in [6.07, 6.45) is 4.47. The molecule has 1 aliphatic rings. The average molecular weight is 418 g/mol. The van der Waals surface area contributed by atoms with E-state index < -0.39 is 0 Å². The lowest BCUT2D eigenvalue weighted by molar-refractivity contribution is -0.142. The van der Waals surface area contributed by atoms with Gasteiger partial charge >= 0.3 is 5.97 Å². The standard InChI is InChI=1S/C25H26N2O4/c1-2-30-24(28)14-21-25-20-10-11-27(22(20)8-9-23(25)31-26-21)19-12-18(13-19)16-29-15-17-6-4-3-5-7-17/h3-11,18-19H,2,12-16H2,1H3. The normalized spacial score (nSPS) is 18.4. The molecule has 0 unspecified atom stereocenters. The van der Waals surface area contributed by atoms with Gasteiger partial charge in [-0.1, -0.05) is 35.5 Å². The highest BCUT2D eigenvalue weighted by molar-refractivity contribution is 6.06. The zero-order valence-electron chi connectivity index (χ0n) is 17.6. The molecule has 5 rings (SSSR count). The summed E-state index contributed by atoms with van der Waals surface area (Å²) in [4.78, 5) is 12.0. The number of fused-ring (bicyclic) bond motifs is 3. The van der Waals surface area contributed by atoms with Crippen molar-refractivity contribution in [2.45, 2.75) is 38.8 Å². The molecule has 0 amide bonds. The van der Waals surface area contributed by atoms with Gasteiger partial charge in [-0.2, -0.15) is 0 Å². The molecule has 0 N–H and O–H groups in total. The van der Waals surface area contributed by atoms with Crippen LogP contribution in [0, 0.1) is 5.92 Å². The van der Waals surface area contributed by atoms with Crippen LogP contribution in [0.3, 0.4) is 0 Å². The van der Waals surface area contributed by atoms with E-state index >= 15 is 0 Å². The highest BCUT2D eigenvalue weighted by atomic mass is 16.5. The third-order valence-corrected chi connectivity index (χ3v) is 6.09. The van der Waals surface area contributed by atoms with E-state index in [1.54, 1.807) is 6.92 Å². The monoisotopic (exact) mass is 418 g/mol. The number of carbonyl (C=O) groups excluding carboxylic acids is 1. The van der Waals surface area contributed by atoms with Gasteiger partial charge in [0.25, 0.3) is 0 Å². The second-order valence-electron chi connectivity index (χ2n) is 8.20. The first kappa shape index (κ1) is 19.8. The van der Waals surface area contributed by atoms with Crippen molar-refractivity contribution in [1.29, 1.82) is 0 Å². The number of nitrogens with zero attached hydrogens (tertiary/aromatic N) is 2. The highest BCUT2D eigenvalue weighted by Gasteiger charge is 2.31. The summed E-state index contributed by atoms with van der Waals surface area (Å²) in [5.41, 5.74) is 3.70. The van der Waals surface area contributed by atoms with Crippen LogP contribution in [0.5, 0.6) is 0 Å². The SMILES string of the molecule is CCOC(=O)Cc1noc2ccc3c(ccn3C3CC(COCc4ccccc4)C3)c12. The molecule has 0 bridgehead atoms. The minimum atomic E-state index is -0.286. The second-order valence-corrected chi connectivity index (χ2v) is 8.20. The number of hydrogen-bond acceptors (Lipinski definition) is 5. The Morgan fingerprint density at radius 3 is 2.81 bits per heavy atom. The lowest BCUT2D eigenvalue weighted by Gasteiger charge is -2.36. The molecule has 31 heavy (non-hydrogen) atoms.